The summed E-state index contributed by atoms with van der Waals surface area (Å²) in [4.78, 5) is 35.2. The summed E-state index contributed by atoms with van der Waals surface area (Å²) >= 11 is 0. The SMILES string of the molecule is NC(=O)C1(C(=O)N2CCC[C@@H](c3nccn3Cc3ccccn3)C2)CC1. The van der Waals surface area contributed by atoms with Crippen molar-refractivity contribution in [3.8, 4) is 0 Å². The van der Waals surface area contributed by atoms with Crippen LogP contribution in [0.15, 0.2) is 36.8 Å². The van der Waals surface area contributed by atoms with E-state index in [9.17, 15) is 9.59 Å². The molecule has 0 spiro atoms. The molecule has 1 atom stereocenters. The third-order valence-electron chi connectivity index (χ3n) is 5.51. The van der Waals surface area contributed by atoms with E-state index in [1.54, 1.807) is 12.4 Å². The van der Waals surface area contributed by atoms with Crippen molar-refractivity contribution in [3.05, 3.63) is 48.3 Å². The standard InChI is InChI=1S/C19H23N5O2/c20-17(25)19(6-7-19)18(26)24-10-3-4-14(12-24)16-22-9-11-23(16)13-15-5-1-2-8-21-15/h1-2,5,8-9,11,14H,3-4,6-7,10,12-13H2,(H2,20,25)/t14-/m1/s1. The molecule has 0 unspecified atom stereocenters. The van der Waals surface area contributed by atoms with Crippen LogP contribution >= 0.6 is 0 Å². The molecule has 4 rings (SSSR count). The molecule has 2 N–H and O–H groups in total. The number of hydrogen-bond acceptors (Lipinski definition) is 4. The Morgan fingerprint density at radius 3 is 2.77 bits per heavy atom. The van der Waals surface area contributed by atoms with Crippen LogP contribution in [0.1, 0.15) is 43.1 Å². The Morgan fingerprint density at radius 1 is 1.23 bits per heavy atom. The molecule has 0 radical (unpaired) electrons. The molecule has 2 amide bonds. The zero-order valence-electron chi connectivity index (χ0n) is 14.7. The smallest absolute Gasteiger partial charge is 0.238 e. The number of likely N-dealkylation sites (tertiary alicyclic amines) is 1. The minimum atomic E-state index is -0.939. The second-order valence-corrected chi connectivity index (χ2v) is 7.27. The van der Waals surface area contributed by atoms with Crippen molar-refractivity contribution in [2.24, 2.45) is 11.1 Å². The Hall–Kier alpha value is -2.70. The highest BCUT2D eigenvalue weighted by Crippen LogP contribution is 2.47. The van der Waals surface area contributed by atoms with Crippen molar-refractivity contribution in [1.82, 2.24) is 19.4 Å². The number of piperidine rings is 1. The molecule has 1 aliphatic carbocycles. The first kappa shape index (κ1) is 16.8. The van der Waals surface area contributed by atoms with Crippen LogP contribution in [0.3, 0.4) is 0 Å². The van der Waals surface area contributed by atoms with Crippen molar-refractivity contribution in [1.29, 1.82) is 0 Å². The molecule has 7 nitrogen and oxygen atoms in total. The Morgan fingerprint density at radius 2 is 2.08 bits per heavy atom. The zero-order valence-corrected chi connectivity index (χ0v) is 14.7. The molecular formula is C19H23N5O2. The maximum Gasteiger partial charge on any atom is 0.238 e. The zero-order chi connectivity index (χ0) is 18.1. The van der Waals surface area contributed by atoms with Gasteiger partial charge in [0.25, 0.3) is 0 Å². The van der Waals surface area contributed by atoms with Gasteiger partial charge in [-0.3, -0.25) is 14.6 Å². The van der Waals surface area contributed by atoms with E-state index in [1.807, 2.05) is 29.3 Å². The number of nitrogens with two attached hydrogens (primary N) is 1. The summed E-state index contributed by atoms with van der Waals surface area (Å²) in [6.07, 6.45) is 8.58. The first-order valence-electron chi connectivity index (χ1n) is 9.10. The number of rotatable bonds is 5. The van der Waals surface area contributed by atoms with Gasteiger partial charge in [-0.15, -0.1) is 0 Å². The molecule has 26 heavy (non-hydrogen) atoms. The quantitative estimate of drug-likeness (QED) is 0.820. The molecule has 1 saturated heterocycles. The number of primary amides is 1. The fraction of sp³-hybridized carbons (Fsp3) is 0.474. The number of carbonyl (C=O) groups is 2. The van der Waals surface area contributed by atoms with E-state index in [4.69, 9.17) is 5.73 Å². The summed E-state index contributed by atoms with van der Waals surface area (Å²) in [5, 5.41) is 0. The molecule has 136 valence electrons. The van der Waals surface area contributed by atoms with Crippen LogP contribution in [0.5, 0.6) is 0 Å². The van der Waals surface area contributed by atoms with Crippen molar-refractivity contribution in [2.75, 3.05) is 13.1 Å². The van der Waals surface area contributed by atoms with E-state index in [0.29, 0.717) is 32.5 Å². The maximum absolute atomic E-state index is 12.8. The van der Waals surface area contributed by atoms with Gasteiger partial charge in [0.1, 0.15) is 11.2 Å². The van der Waals surface area contributed by atoms with Crippen LogP contribution in [0.4, 0.5) is 0 Å². The molecule has 2 aromatic rings. The molecule has 2 aliphatic rings. The molecule has 2 fully saturated rings. The third-order valence-corrected chi connectivity index (χ3v) is 5.51. The van der Waals surface area contributed by atoms with Gasteiger partial charge in [-0.2, -0.15) is 0 Å². The lowest BCUT2D eigenvalue weighted by Crippen LogP contribution is -2.47. The van der Waals surface area contributed by atoms with Gasteiger partial charge in [0.15, 0.2) is 0 Å². The average Bonchev–Trinajstić information content (AvgIpc) is 3.36. The maximum atomic E-state index is 12.8. The molecule has 0 bridgehead atoms. The number of aromatic nitrogens is 3. The average molecular weight is 353 g/mol. The van der Waals surface area contributed by atoms with E-state index in [1.165, 1.54) is 0 Å². The first-order chi connectivity index (χ1) is 12.6. The number of nitrogens with zero attached hydrogens (tertiary/aromatic N) is 4. The highest BCUT2D eigenvalue weighted by molar-refractivity contribution is 6.07. The van der Waals surface area contributed by atoms with Crippen LogP contribution < -0.4 is 5.73 Å². The van der Waals surface area contributed by atoms with Gasteiger partial charge in [-0.05, 0) is 37.8 Å². The fourth-order valence-corrected chi connectivity index (χ4v) is 3.85. The lowest BCUT2D eigenvalue weighted by atomic mass is 9.94. The molecule has 7 heteroatoms. The van der Waals surface area contributed by atoms with Crippen LogP contribution in [0.2, 0.25) is 0 Å². The van der Waals surface area contributed by atoms with Gasteiger partial charge in [0, 0.05) is 37.6 Å². The highest BCUT2D eigenvalue weighted by Gasteiger charge is 2.57. The first-order valence-corrected chi connectivity index (χ1v) is 9.10. The lowest BCUT2D eigenvalue weighted by molar-refractivity contribution is -0.144. The minimum absolute atomic E-state index is 0.0995. The summed E-state index contributed by atoms with van der Waals surface area (Å²) < 4.78 is 2.10. The fourth-order valence-electron chi connectivity index (χ4n) is 3.85. The van der Waals surface area contributed by atoms with E-state index >= 15 is 0 Å². The van der Waals surface area contributed by atoms with Crippen LogP contribution in [0, 0.1) is 5.41 Å². The number of amides is 2. The van der Waals surface area contributed by atoms with Gasteiger partial charge in [-0.25, -0.2) is 4.98 Å². The topological polar surface area (TPSA) is 94.1 Å². The predicted molar refractivity (Wildman–Crippen MR) is 95.0 cm³/mol. The van der Waals surface area contributed by atoms with Crippen molar-refractivity contribution >= 4 is 11.8 Å². The van der Waals surface area contributed by atoms with Crippen molar-refractivity contribution < 1.29 is 9.59 Å². The Bertz CT molecular complexity index is 812. The molecule has 1 aliphatic heterocycles. The number of hydrogen-bond donors (Lipinski definition) is 1. The van der Waals surface area contributed by atoms with Gasteiger partial charge in [0.2, 0.25) is 11.8 Å². The summed E-state index contributed by atoms with van der Waals surface area (Å²) in [7, 11) is 0. The Labute approximate surface area is 152 Å². The molecule has 1 saturated carbocycles. The van der Waals surface area contributed by atoms with E-state index in [2.05, 4.69) is 14.5 Å². The Kier molecular flexibility index (Phi) is 4.22. The molecular weight excluding hydrogens is 330 g/mol. The number of pyridine rings is 1. The second kappa shape index (κ2) is 6.55. The minimum Gasteiger partial charge on any atom is -0.369 e. The van der Waals surface area contributed by atoms with Crippen molar-refractivity contribution in [2.45, 2.75) is 38.1 Å². The second-order valence-electron chi connectivity index (χ2n) is 7.27. The summed E-state index contributed by atoms with van der Waals surface area (Å²) in [5.74, 6) is 0.547. The largest absolute Gasteiger partial charge is 0.369 e. The van der Waals surface area contributed by atoms with Crippen LogP contribution in [0.25, 0.3) is 0 Å². The summed E-state index contributed by atoms with van der Waals surface area (Å²) in [6.45, 7) is 1.93. The van der Waals surface area contributed by atoms with Gasteiger partial charge >= 0.3 is 0 Å². The normalized spacial score (nSPS) is 21.4. The molecule has 2 aromatic heterocycles. The van der Waals surface area contributed by atoms with Crippen molar-refractivity contribution in [3.63, 3.8) is 0 Å². The summed E-state index contributed by atoms with van der Waals surface area (Å²) in [5.41, 5.74) is 5.50. The lowest BCUT2D eigenvalue weighted by Gasteiger charge is -2.34. The van der Waals surface area contributed by atoms with Crippen LogP contribution in [-0.2, 0) is 16.1 Å². The van der Waals surface area contributed by atoms with E-state index < -0.39 is 11.3 Å². The highest BCUT2D eigenvalue weighted by atomic mass is 16.2. The summed E-state index contributed by atoms with van der Waals surface area (Å²) in [6, 6.07) is 5.86. The third kappa shape index (κ3) is 2.98. The van der Waals surface area contributed by atoms with E-state index in [0.717, 1.165) is 24.4 Å². The number of carbonyl (C=O) groups excluding carboxylic acids is 2. The van der Waals surface area contributed by atoms with Crippen LogP contribution in [-0.4, -0.2) is 44.3 Å². The monoisotopic (exact) mass is 353 g/mol. The van der Waals surface area contributed by atoms with Gasteiger partial charge in [-0.1, -0.05) is 6.07 Å². The van der Waals surface area contributed by atoms with Gasteiger partial charge in [0.05, 0.1) is 12.2 Å². The molecule has 0 aromatic carbocycles. The molecule has 3 heterocycles. The van der Waals surface area contributed by atoms with E-state index in [-0.39, 0.29) is 11.8 Å². The van der Waals surface area contributed by atoms with Gasteiger partial charge < -0.3 is 15.2 Å². The Balaban J connectivity index is 1.50. The predicted octanol–water partition coefficient (Wildman–Crippen LogP) is 1.30. The number of imidazole rings is 1.